The van der Waals surface area contributed by atoms with Gasteiger partial charge in [0.25, 0.3) is 0 Å². The van der Waals surface area contributed by atoms with Crippen LogP contribution in [0.4, 0.5) is 0 Å². The number of aromatic amines is 1. The molecule has 1 aromatic carbocycles. The molecule has 4 aromatic rings. The molecule has 0 unspecified atom stereocenters. The Morgan fingerprint density at radius 2 is 2.00 bits per heavy atom. The molecule has 0 fully saturated rings. The smallest absolute Gasteiger partial charge is 0.342 e. The Morgan fingerprint density at radius 1 is 1.14 bits per heavy atom. The maximum absolute atomic E-state index is 12.6. The number of nitrogens with one attached hydrogen (secondary N) is 1. The van der Waals surface area contributed by atoms with Gasteiger partial charge < -0.3 is 9.72 Å². The van der Waals surface area contributed by atoms with Crippen LogP contribution in [0.25, 0.3) is 16.7 Å². The number of aryl methyl sites for hydroxylation is 1. The number of esters is 1. The molecule has 0 bridgehead atoms. The summed E-state index contributed by atoms with van der Waals surface area (Å²) in [5.41, 5.74) is 3.49. The molecule has 0 aliphatic carbocycles. The van der Waals surface area contributed by atoms with Crippen LogP contribution in [0.1, 0.15) is 38.9 Å². The van der Waals surface area contributed by atoms with E-state index in [1.807, 2.05) is 24.3 Å². The van der Waals surface area contributed by atoms with Crippen molar-refractivity contribution >= 4 is 22.7 Å². The molecule has 0 aliphatic heterocycles. The van der Waals surface area contributed by atoms with Crippen LogP contribution in [0.15, 0.2) is 55.0 Å². The normalized spacial score (nSPS) is 11.0. The van der Waals surface area contributed by atoms with Gasteiger partial charge in [0, 0.05) is 28.9 Å². The van der Waals surface area contributed by atoms with E-state index in [1.54, 1.807) is 36.1 Å². The number of hydrogen-bond acceptors (Lipinski definition) is 5. The average molecular weight is 388 g/mol. The topological polar surface area (TPSA) is 89.9 Å². The maximum atomic E-state index is 12.6. The van der Waals surface area contributed by atoms with Crippen molar-refractivity contribution in [3.8, 4) is 5.82 Å². The third kappa shape index (κ3) is 3.42. The molecule has 146 valence electrons. The van der Waals surface area contributed by atoms with Gasteiger partial charge >= 0.3 is 5.97 Å². The number of carbonyl (C=O) groups is 2. The minimum atomic E-state index is -0.591. The number of ether oxygens (including phenoxy) is 1. The van der Waals surface area contributed by atoms with Gasteiger partial charge in [-0.3, -0.25) is 4.79 Å². The first-order chi connectivity index (χ1) is 14.1. The summed E-state index contributed by atoms with van der Waals surface area (Å²) in [4.78, 5) is 32.5. The van der Waals surface area contributed by atoms with Gasteiger partial charge in [0.2, 0.25) is 5.78 Å². The second kappa shape index (κ2) is 7.71. The number of ketones is 1. The third-order valence-electron chi connectivity index (χ3n) is 4.91. The van der Waals surface area contributed by atoms with Crippen LogP contribution in [0.2, 0.25) is 0 Å². The van der Waals surface area contributed by atoms with Crippen LogP contribution in [0.5, 0.6) is 0 Å². The van der Waals surface area contributed by atoms with E-state index in [2.05, 4.69) is 22.0 Å². The van der Waals surface area contributed by atoms with Gasteiger partial charge in [-0.2, -0.15) is 5.10 Å². The van der Waals surface area contributed by atoms with Crippen LogP contribution >= 0.6 is 0 Å². The molecular formula is C22H20N4O3. The van der Waals surface area contributed by atoms with Crippen LogP contribution in [-0.2, 0) is 11.2 Å². The van der Waals surface area contributed by atoms with Gasteiger partial charge in [-0.1, -0.05) is 31.2 Å². The van der Waals surface area contributed by atoms with Gasteiger partial charge in [-0.15, -0.1) is 0 Å². The summed E-state index contributed by atoms with van der Waals surface area (Å²) in [6, 6.07) is 11.3. The highest BCUT2D eigenvalue weighted by atomic mass is 16.5. The molecule has 3 aromatic heterocycles. The summed E-state index contributed by atoms with van der Waals surface area (Å²) in [5, 5.41) is 5.05. The molecule has 0 amide bonds. The molecule has 0 saturated heterocycles. The van der Waals surface area contributed by atoms with E-state index in [-0.39, 0.29) is 12.4 Å². The molecule has 7 nitrogen and oxygen atoms in total. The van der Waals surface area contributed by atoms with Crippen molar-refractivity contribution in [2.75, 3.05) is 6.61 Å². The second-order valence-corrected chi connectivity index (χ2v) is 6.64. The number of para-hydroxylation sites is 1. The Labute approximate surface area is 167 Å². The number of hydrogen-bond donors (Lipinski definition) is 1. The van der Waals surface area contributed by atoms with Crippen LogP contribution in [-0.4, -0.2) is 38.1 Å². The zero-order valence-corrected chi connectivity index (χ0v) is 16.2. The van der Waals surface area contributed by atoms with Crippen molar-refractivity contribution in [1.82, 2.24) is 19.7 Å². The second-order valence-electron chi connectivity index (χ2n) is 6.64. The predicted molar refractivity (Wildman–Crippen MR) is 108 cm³/mol. The molecule has 0 aliphatic rings. The van der Waals surface area contributed by atoms with Gasteiger partial charge in [-0.05, 0) is 31.0 Å². The highest BCUT2D eigenvalue weighted by Gasteiger charge is 2.20. The number of nitrogens with zero attached hydrogens (tertiary/aromatic N) is 3. The zero-order valence-electron chi connectivity index (χ0n) is 16.2. The van der Waals surface area contributed by atoms with Gasteiger partial charge in [-0.25, -0.2) is 14.5 Å². The fraction of sp³-hybridized carbons (Fsp3) is 0.182. The van der Waals surface area contributed by atoms with Crippen molar-refractivity contribution < 1.29 is 14.3 Å². The Balaban J connectivity index is 1.49. The van der Waals surface area contributed by atoms with E-state index in [0.717, 1.165) is 22.9 Å². The Morgan fingerprint density at radius 3 is 2.76 bits per heavy atom. The molecule has 3 heterocycles. The minimum Gasteiger partial charge on any atom is -0.454 e. The molecule has 7 heteroatoms. The number of H-pyrrole nitrogens is 1. The zero-order chi connectivity index (χ0) is 20.4. The molecule has 0 spiro atoms. The first kappa shape index (κ1) is 18.6. The lowest BCUT2D eigenvalue weighted by molar-refractivity contribution is 0.0474. The number of rotatable bonds is 6. The number of benzene rings is 1. The fourth-order valence-corrected chi connectivity index (χ4v) is 3.35. The van der Waals surface area contributed by atoms with E-state index in [9.17, 15) is 9.59 Å². The largest absolute Gasteiger partial charge is 0.454 e. The Kier molecular flexibility index (Phi) is 4.95. The molecule has 0 atom stereocenters. The standard InChI is InChI=1S/C22H20N4O3/c1-3-15-7-6-8-16-18(11-24-21(15)16)19(27)13-29-22(28)17-12-25-26(14(17)2)20-9-4-5-10-23-20/h4-12,24H,3,13H2,1-2H3. The van der Waals surface area contributed by atoms with E-state index in [4.69, 9.17) is 4.74 Å². The van der Waals surface area contributed by atoms with E-state index >= 15 is 0 Å². The quantitative estimate of drug-likeness (QED) is 0.402. The SMILES string of the molecule is CCc1cccc2c(C(=O)COC(=O)c3cnn(-c4ccccn4)c3C)c[nH]c12. The Hall–Kier alpha value is -3.74. The van der Waals surface area contributed by atoms with Crippen LogP contribution in [0.3, 0.4) is 0 Å². The summed E-state index contributed by atoms with van der Waals surface area (Å²) in [7, 11) is 0. The van der Waals surface area contributed by atoms with Crippen molar-refractivity contribution in [3.05, 3.63) is 77.4 Å². The molecule has 1 N–H and O–H groups in total. The summed E-state index contributed by atoms with van der Waals surface area (Å²) in [6.07, 6.45) is 5.61. The van der Waals surface area contributed by atoms with Gasteiger partial charge in [0.1, 0.15) is 5.56 Å². The Bertz CT molecular complexity index is 1190. The van der Waals surface area contributed by atoms with Gasteiger partial charge in [0.15, 0.2) is 12.4 Å². The van der Waals surface area contributed by atoms with Crippen molar-refractivity contribution in [1.29, 1.82) is 0 Å². The van der Waals surface area contributed by atoms with E-state index < -0.39 is 5.97 Å². The number of aromatic nitrogens is 4. The first-order valence-corrected chi connectivity index (χ1v) is 9.35. The monoisotopic (exact) mass is 388 g/mol. The van der Waals surface area contributed by atoms with Crippen LogP contribution in [0, 0.1) is 6.92 Å². The molecule has 29 heavy (non-hydrogen) atoms. The lowest BCUT2D eigenvalue weighted by Gasteiger charge is -2.05. The third-order valence-corrected chi connectivity index (χ3v) is 4.91. The van der Waals surface area contributed by atoms with Crippen molar-refractivity contribution in [2.45, 2.75) is 20.3 Å². The molecule has 0 saturated carbocycles. The van der Waals surface area contributed by atoms with Crippen LogP contribution < -0.4 is 0 Å². The minimum absolute atomic E-state index is 0.257. The van der Waals surface area contributed by atoms with E-state index in [1.165, 1.54) is 6.20 Å². The number of Topliss-reactive ketones (excluding diaryl/α,β-unsaturated/α-hetero) is 1. The molecule has 0 radical (unpaired) electrons. The first-order valence-electron chi connectivity index (χ1n) is 9.35. The lowest BCUT2D eigenvalue weighted by atomic mass is 10.1. The van der Waals surface area contributed by atoms with Crippen molar-refractivity contribution in [3.63, 3.8) is 0 Å². The summed E-state index contributed by atoms with van der Waals surface area (Å²) in [5.74, 6) is -0.245. The number of carbonyl (C=O) groups excluding carboxylic acids is 2. The summed E-state index contributed by atoms with van der Waals surface area (Å²) >= 11 is 0. The number of pyridine rings is 1. The molecule has 4 rings (SSSR count). The highest BCUT2D eigenvalue weighted by molar-refractivity contribution is 6.09. The van der Waals surface area contributed by atoms with Crippen molar-refractivity contribution in [2.24, 2.45) is 0 Å². The molecular weight excluding hydrogens is 368 g/mol. The summed E-state index contributed by atoms with van der Waals surface area (Å²) in [6.45, 7) is 3.48. The predicted octanol–water partition coefficient (Wildman–Crippen LogP) is 3.66. The summed E-state index contributed by atoms with van der Waals surface area (Å²) < 4.78 is 6.83. The fourth-order valence-electron chi connectivity index (χ4n) is 3.35. The maximum Gasteiger partial charge on any atom is 0.342 e. The lowest BCUT2D eigenvalue weighted by Crippen LogP contribution is -2.14. The van der Waals surface area contributed by atoms with E-state index in [0.29, 0.717) is 22.6 Å². The highest BCUT2D eigenvalue weighted by Crippen LogP contribution is 2.23. The average Bonchev–Trinajstić information content (AvgIpc) is 3.36. The van der Waals surface area contributed by atoms with Gasteiger partial charge in [0.05, 0.1) is 11.9 Å². The number of fused-ring (bicyclic) bond motifs is 1.